The van der Waals surface area contributed by atoms with Crippen molar-refractivity contribution in [2.75, 3.05) is 13.6 Å². The van der Waals surface area contributed by atoms with Gasteiger partial charge in [0.15, 0.2) is 0 Å². The van der Waals surface area contributed by atoms with E-state index in [9.17, 15) is 4.79 Å². The van der Waals surface area contributed by atoms with Crippen LogP contribution in [0.4, 0.5) is 0 Å². The van der Waals surface area contributed by atoms with Crippen LogP contribution in [-0.2, 0) is 4.79 Å². The molecule has 2 nitrogen and oxygen atoms in total. The molecular formula is C5H8ClNO. The molecule has 1 aliphatic rings. The molecule has 0 saturated carbocycles. The van der Waals surface area contributed by atoms with Crippen molar-refractivity contribution in [2.24, 2.45) is 0 Å². The number of hydrogen-bond acceptors (Lipinski definition) is 1. The van der Waals surface area contributed by atoms with Gasteiger partial charge in [-0.15, -0.1) is 11.6 Å². The van der Waals surface area contributed by atoms with Crippen molar-refractivity contribution in [3.63, 3.8) is 0 Å². The van der Waals surface area contributed by atoms with Gasteiger partial charge in [0.2, 0.25) is 5.91 Å². The van der Waals surface area contributed by atoms with Crippen molar-refractivity contribution in [1.82, 2.24) is 4.90 Å². The van der Waals surface area contributed by atoms with E-state index in [0.717, 1.165) is 13.0 Å². The number of carbonyl (C=O) groups excluding carboxylic acids is 1. The topological polar surface area (TPSA) is 20.3 Å². The molecule has 1 rings (SSSR count). The quantitative estimate of drug-likeness (QED) is 0.440. The van der Waals surface area contributed by atoms with E-state index in [4.69, 9.17) is 11.6 Å². The highest BCUT2D eigenvalue weighted by atomic mass is 35.5. The Hall–Kier alpha value is -0.240. The molecule has 0 aromatic carbocycles. The Morgan fingerprint density at radius 2 is 2.50 bits per heavy atom. The Balaban J connectivity index is 2.57. The van der Waals surface area contributed by atoms with Crippen LogP contribution in [-0.4, -0.2) is 29.8 Å². The van der Waals surface area contributed by atoms with Crippen LogP contribution in [0.5, 0.6) is 0 Å². The predicted molar refractivity (Wildman–Crippen MR) is 31.9 cm³/mol. The lowest BCUT2D eigenvalue weighted by atomic mass is 10.4. The van der Waals surface area contributed by atoms with Crippen LogP contribution in [0.3, 0.4) is 0 Å². The summed E-state index contributed by atoms with van der Waals surface area (Å²) in [5.41, 5.74) is 0. The fourth-order valence-electron chi connectivity index (χ4n) is 0.780. The molecule has 0 aliphatic carbocycles. The fourth-order valence-corrected chi connectivity index (χ4v) is 1.04. The van der Waals surface area contributed by atoms with Crippen molar-refractivity contribution in [3.8, 4) is 0 Å². The third-order valence-corrected chi connectivity index (χ3v) is 1.77. The zero-order chi connectivity index (χ0) is 6.15. The molecule has 0 spiro atoms. The molecule has 1 unspecified atom stereocenters. The zero-order valence-electron chi connectivity index (χ0n) is 4.72. The maximum Gasteiger partial charge on any atom is 0.240 e. The molecule has 1 aliphatic heterocycles. The molecule has 0 aromatic heterocycles. The van der Waals surface area contributed by atoms with Crippen LogP contribution in [0.25, 0.3) is 0 Å². The molecule has 1 saturated heterocycles. The van der Waals surface area contributed by atoms with Crippen LogP contribution in [0.1, 0.15) is 6.42 Å². The first-order valence-corrected chi connectivity index (χ1v) is 3.04. The lowest BCUT2D eigenvalue weighted by Gasteiger charge is -2.04. The number of rotatable bonds is 0. The van der Waals surface area contributed by atoms with Gasteiger partial charge in [-0.2, -0.15) is 0 Å². The molecule has 1 amide bonds. The van der Waals surface area contributed by atoms with Gasteiger partial charge in [0.05, 0.1) is 0 Å². The average Bonchev–Trinajstić information content (AvgIpc) is 1.98. The Morgan fingerprint density at radius 1 is 1.88 bits per heavy atom. The summed E-state index contributed by atoms with van der Waals surface area (Å²) in [6.45, 7) is 0.812. The lowest BCUT2D eigenvalue weighted by Crippen LogP contribution is -2.22. The fraction of sp³-hybridized carbons (Fsp3) is 0.800. The van der Waals surface area contributed by atoms with Gasteiger partial charge in [-0.25, -0.2) is 0 Å². The third-order valence-electron chi connectivity index (χ3n) is 1.36. The lowest BCUT2D eigenvalue weighted by molar-refractivity contribution is -0.126. The van der Waals surface area contributed by atoms with Crippen LogP contribution in [0.15, 0.2) is 0 Å². The van der Waals surface area contributed by atoms with Gasteiger partial charge in [0.25, 0.3) is 0 Å². The van der Waals surface area contributed by atoms with E-state index in [1.54, 1.807) is 11.9 Å². The molecule has 46 valence electrons. The first-order chi connectivity index (χ1) is 3.72. The van der Waals surface area contributed by atoms with Crippen LogP contribution in [0, 0.1) is 0 Å². The third kappa shape index (κ3) is 0.802. The minimum atomic E-state index is -0.250. The predicted octanol–water partition coefficient (Wildman–Crippen LogP) is 0.456. The summed E-state index contributed by atoms with van der Waals surface area (Å²) in [5, 5.41) is -0.250. The highest BCUT2D eigenvalue weighted by Crippen LogP contribution is 2.13. The van der Waals surface area contributed by atoms with Gasteiger partial charge in [-0.1, -0.05) is 0 Å². The Labute approximate surface area is 53.4 Å². The minimum Gasteiger partial charge on any atom is -0.344 e. The summed E-state index contributed by atoms with van der Waals surface area (Å²) in [4.78, 5) is 12.3. The van der Waals surface area contributed by atoms with E-state index in [1.165, 1.54) is 0 Å². The van der Waals surface area contributed by atoms with Gasteiger partial charge in [-0.3, -0.25) is 4.79 Å². The standard InChI is InChI=1S/C5H8ClNO/c1-7-3-2-4(6)5(7)8/h4H,2-3H2,1H3. The monoisotopic (exact) mass is 133 g/mol. The number of nitrogens with zero attached hydrogens (tertiary/aromatic N) is 1. The molecule has 0 radical (unpaired) electrons. The second-order valence-corrected chi connectivity index (χ2v) is 2.54. The van der Waals surface area contributed by atoms with E-state index in [0.29, 0.717) is 0 Å². The Bertz CT molecular complexity index is 103. The van der Waals surface area contributed by atoms with Crippen LogP contribution < -0.4 is 0 Å². The molecular weight excluding hydrogens is 126 g/mol. The van der Waals surface area contributed by atoms with Crippen molar-refractivity contribution >= 4 is 17.5 Å². The van der Waals surface area contributed by atoms with Crippen molar-refractivity contribution in [1.29, 1.82) is 0 Å². The second-order valence-electron chi connectivity index (χ2n) is 2.02. The highest BCUT2D eigenvalue weighted by Gasteiger charge is 2.26. The molecule has 1 atom stereocenters. The number of carbonyl (C=O) groups is 1. The molecule has 0 bridgehead atoms. The SMILES string of the molecule is CN1CCC(Cl)C1=O. The maximum atomic E-state index is 10.7. The molecule has 8 heavy (non-hydrogen) atoms. The Kier molecular flexibility index (Phi) is 1.43. The Morgan fingerprint density at radius 3 is 2.62 bits per heavy atom. The van der Waals surface area contributed by atoms with Gasteiger partial charge in [-0.05, 0) is 6.42 Å². The van der Waals surface area contributed by atoms with Crippen LogP contribution >= 0.6 is 11.6 Å². The number of alkyl halides is 1. The largest absolute Gasteiger partial charge is 0.344 e. The highest BCUT2D eigenvalue weighted by molar-refractivity contribution is 6.31. The average molecular weight is 134 g/mol. The van der Waals surface area contributed by atoms with Crippen LogP contribution in [0.2, 0.25) is 0 Å². The number of halogens is 1. The van der Waals surface area contributed by atoms with Gasteiger partial charge >= 0.3 is 0 Å². The summed E-state index contributed by atoms with van der Waals surface area (Å²) in [7, 11) is 1.77. The molecule has 0 aromatic rings. The number of hydrogen-bond donors (Lipinski definition) is 0. The summed E-state index contributed by atoms with van der Waals surface area (Å²) in [5.74, 6) is 0.0617. The summed E-state index contributed by atoms with van der Waals surface area (Å²) < 4.78 is 0. The minimum absolute atomic E-state index is 0.0617. The number of likely N-dealkylation sites (tertiary alicyclic amines) is 1. The van der Waals surface area contributed by atoms with Crippen molar-refractivity contribution in [2.45, 2.75) is 11.8 Å². The van der Waals surface area contributed by atoms with Gasteiger partial charge in [0, 0.05) is 13.6 Å². The summed E-state index contributed by atoms with van der Waals surface area (Å²) in [6.07, 6.45) is 0.802. The van der Waals surface area contributed by atoms with E-state index in [2.05, 4.69) is 0 Å². The molecule has 1 heterocycles. The first kappa shape index (κ1) is 5.89. The van der Waals surface area contributed by atoms with Crippen molar-refractivity contribution < 1.29 is 4.79 Å². The molecule has 1 fully saturated rings. The van der Waals surface area contributed by atoms with E-state index in [1.807, 2.05) is 0 Å². The number of amides is 1. The van der Waals surface area contributed by atoms with Gasteiger partial charge in [0.1, 0.15) is 5.38 Å². The summed E-state index contributed by atoms with van der Waals surface area (Å²) in [6, 6.07) is 0. The smallest absolute Gasteiger partial charge is 0.240 e. The molecule has 3 heteroatoms. The van der Waals surface area contributed by atoms with E-state index in [-0.39, 0.29) is 11.3 Å². The summed E-state index contributed by atoms with van der Waals surface area (Å²) >= 11 is 5.57. The van der Waals surface area contributed by atoms with E-state index < -0.39 is 0 Å². The normalized spacial score (nSPS) is 29.5. The zero-order valence-corrected chi connectivity index (χ0v) is 5.48. The first-order valence-electron chi connectivity index (χ1n) is 2.61. The van der Waals surface area contributed by atoms with E-state index >= 15 is 0 Å². The van der Waals surface area contributed by atoms with Gasteiger partial charge < -0.3 is 4.90 Å². The van der Waals surface area contributed by atoms with Crippen molar-refractivity contribution in [3.05, 3.63) is 0 Å². The maximum absolute atomic E-state index is 10.7. The second kappa shape index (κ2) is 1.94. The molecule has 0 N–H and O–H groups in total.